The van der Waals surface area contributed by atoms with Crippen molar-refractivity contribution in [3.05, 3.63) is 29.8 Å². The Bertz CT molecular complexity index is 311. The predicted molar refractivity (Wildman–Crippen MR) is 64.2 cm³/mol. The molecule has 0 amide bonds. The number of aliphatic hydroxyl groups is 1. The second kappa shape index (κ2) is 5.84. The summed E-state index contributed by atoms with van der Waals surface area (Å²) < 4.78 is 5.51. The molecule has 0 spiro atoms. The van der Waals surface area contributed by atoms with E-state index in [1.54, 1.807) is 0 Å². The van der Waals surface area contributed by atoms with Gasteiger partial charge in [0.25, 0.3) is 0 Å². The summed E-state index contributed by atoms with van der Waals surface area (Å²) in [7, 11) is 0. The number of hydrogen-bond donors (Lipinski definition) is 3. The third-order valence-electron chi connectivity index (χ3n) is 2.29. The van der Waals surface area contributed by atoms with Crippen LogP contribution in [0.15, 0.2) is 24.3 Å². The smallest absolute Gasteiger partial charge is 0.119 e. The van der Waals surface area contributed by atoms with Crippen LogP contribution in [0.2, 0.25) is 0 Å². The summed E-state index contributed by atoms with van der Waals surface area (Å²) in [5.41, 5.74) is 12.0. The zero-order valence-corrected chi connectivity index (χ0v) is 9.76. The summed E-state index contributed by atoms with van der Waals surface area (Å²) in [5.74, 6) is 0.799. The van der Waals surface area contributed by atoms with Gasteiger partial charge in [-0.3, -0.25) is 0 Å². The van der Waals surface area contributed by atoms with E-state index in [0.717, 1.165) is 11.3 Å². The van der Waals surface area contributed by atoms with Gasteiger partial charge in [-0.2, -0.15) is 0 Å². The maximum Gasteiger partial charge on any atom is 0.119 e. The van der Waals surface area contributed by atoms with Gasteiger partial charge in [0.1, 0.15) is 5.75 Å². The number of rotatable bonds is 5. The Kier molecular flexibility index (Phi) is 4.73. The van der Waals surface area contributed by atoms with Gasteiger partial charge < -0.3 is 21.3 Å². The van der Waals surface area contributed by atoms with Crippen molar-refractivity contribution in [1.29, 1.82) is 0 Å². The minimum absolute atomic E-state index is 0.147. The van der Waals surface area contributed by atoms with Gasteiger partial charge in [0.2, 0.25) is 0 Å². The van der Waals surface area contributed by atoms with Crippen molar-refractivity contribution in [3.63, 3.8) is 0 Å². The summed E-state index contributed by atoms with van der Waals surface area (Å²) in [4.78, 5) is 0. The first kappa shape index (κ1) is 13.0. The van der Waals surface area contributed by atoms with Crippen LogP contribution in [0.25, 0.3) is 0 Å². The third-order valence-corrected chi connectivity index (χ3v) is 2.29. The second-order valence-electron chi connectivity index (χ2n) is 4.06. The third kappa shape index (κ3) is 3.48. The summed E-state index contributed by atoms with van der Waals surface area (Å²) in [6.07, 6.45) is -0.564. The molecule has 4 heteroatoms. The van der Waals surface area contributed by atoms with Crippen LogP contribution in [0.3, 0.4) is 0 Å². The minimum atomic E-state index is -0.711. The molecule has 0 saturated carbocycles. The molecule has 2 atom stereocenters. The normalized spacial score (nSPS) is 14.9. The van der Waals surface area contributed by atoms with E-state index in [0.29, 0.717) is 0 Å². The second-order valence-corrected chi connectivity index (χ2v) is 4.06. The molecule has 0 aliphatic carbocycles. The molecular formula is C12H20N2O2. The molecule has 0 aliphatic rings. The quantitative estimate of drug-likeness (QED) is 0.690. The highest BCUT2D eigenvalue weighted by atomic mass is 16.5. The lowest BCUT2D eigenvalue weighted by molar-refractivity contribution is 0.153. The largest absolute Gasteiger partial charge is 0.491 e. The highest BCUT2D eigenvalue weighted by molar-refractivity contribution is 5.29. The van der Waals surface area contributed by atoms with Crippen LogP contribution in [-0.2, 0) is 0 Å². The zero-order chi connectivity index (χ0) is 12.1. The lowest BCUT2D eigenvalue weighted by Crippen LogP contribution is -2.32. The van der Waals surface area contributed by atoms with Gasteiger partial charge >= 0.3 is 0 Å². The van der Waals surface area contributed by atoms with Gasteiger partial charge in [-0.25, -0.2) is 0 Å². The van der Waals surface area contributed by atoms with Crippen molar-refractivity contribution >= 4 is 0 Å². The summed E-state index contributed by atoms with van der Waals surface area (Å²) >= 11 is 0. The molecule has 1 aromatic rings. The molecule has 0 heterocycles. The van der Waals surface area contributed by atoms with E-state index in [1.165, 1.54) is 0 Å². The van der Waals surface area contributed by atoms with Gasteiger partial charge in [-0.15, -0.1) is 0 Å². The summed E-state index contributed by atoms with van der Waals surface area (Å²) in [6.45, 7) is 4.10. The first-order valence-electron chi connectivity index (χ1n) is 5.45. The average Bonchev–Trinajstić information content (AvgIpc) is 2.27. The Morgan fingerprint density at radius 2 is 1.81 bits per heavy atom. The van der Waals surface area contributed by atoms with E-state index in [-0.39, 0.29) is 12.6 Å². The van der Waals surface area contributed by atoms with Gasteiger partial charge in [-0.05, 0) is 31.5 Å². The Labute approximate surface area is 96.2 Å². The van der Waals surface area contributed by atoms with Crippen molar-refractivity contribution in [2.24, 2.45) is 11.5 Å². The number of ether oxygens (including phenoxy) is 1. The topological polar surface area (TPSA) is 81.5 Å². The van der Waals surface area contributed by atoms with E-state index in [9.17, 15) is 5.11 Å². The average molecular weight is 224 g/mol. The SMILES string of the molecule is CC(C)Oc1ccc(C(N)C(O)CN)cc1. The minimum Gasteiger partial charge on any atom is -0.491 e. The van der Waals surface area contributed by atoms with Crippen molar-refractivity contribution < 1.29 is 9.84 Å². The summed E-state index contributed by atoms with van der Waals surface area (Å²) in [5, 5.41) is 9.51. The molecule has 0 bridgehead atoms. The van der Waals surface area contributed by atoms with Crippen LogP contribution < -0.4 is 16.2 Å². The molecular weight excluding hydrogens is 204 g/mol. The number of benzene rings is 1. The molecule has 0 aliphatic heterocycles. The fourth-order valence-electron chi connectivity index (χ4n) is 1.41. The van der Waals surface area contributed by atoms with E-state index in [1.807, 2.05) is 38.1 Å². The fraction of sp³-hybridized carbons (Fsp3) is 0.500. The predicted octanol–water partition coefficient (Wildman–Crippen LogP) is 0.793. The number of nitrogens with two attached hydrogens (primary N) is 2. The highest BCUT2D eigenvalue weighted by Crippen LogP contribution is 2.19. The van der Waals surface area contributed by atoms with Crippen LogP contribution >= 0.6 is 0 Å². The lowest BCUT2D eigenvalue weighted by Gasteiger charge is -2.18. The standard InChI is InChI=1S/C12H20N2O2/c1-8(2)16-10-5-3-9(4-6-10)12(14)11(15)7-13/h3-6,8,11-12,15H,7,13-14H2,1-2H3. The van der Waals surface area contributed by atoms with Crippen molar-refractivity contribution in [2.45, 2.75) is 32.1 Å². The zero-order valence-electron chi connectivity index (χ0n) is 9.76. The molecule has 5 N–H and O–H groups in total. The van der Waals surface area contributed by atoms with Crippen LogP contribution in [0.1, 0.15) is 25.5 Å². The van der Waals surface area contributed by atoms with Crippen LogP contribution in [-0.4, -0.2) is 23.9 Å². The Morgan fingerprint density at radius 1 is 1.25 bits per heavy atom. The molecule has 90 valence electrons. The highest BCUT2D eigenvalue weighted by Gasteiger charge is 2.14. The molecule has 0 aromatic heterocycles. The van der Waals surface area contributed by atoms with Crippen molar-refractivity contribution in [3.8, 4) is 5.75 Å². The maximum atomic E-state index is 9.51. The fourth-order valence-corrected chi connectivity index (χ4v) is 1.41. The lowest BCUT2D eigenvalue weighted by atomic mass is 10.0. The van der Waals surface area contributed by atoms with Gasteiger partial charge in [0.15, 0.2) is 0 Å². The molecule has 1 rings (SSSR count). The summed E-state index contributed by atoms with van der Waals surface area (Å²) in [6, 6.07) is 6.94. The maximum absolute atomic E-state index is 9.51. The molecule has 2 unspecified atom stereocenters. The van der Waals surface area contributed by atoms with Gasteiger partial charge in [-0.1, -0.05) is 12.1 Å². The first-order chi connectivity index (χ1) is 7.54. The molecule has 0 radical (unpaired) electrons. The van der Waals surface area contributed by atoms with Crippen molar-refractivity contribution in [2.75, 3.05) is 6.54 Å². The Hall–Kier alpha value is -1.10. The molecule has 1 aromatic carbocycles. The number of aliphatic hydroxyl groups excluding tert-OH is 1. The monoisotopic (exact) mass is 224 g/mol. The van der Waals surface area contributed by atoms with Crippen LogP contribution in [0.5, 0.6) is 5.75 Å². The molecule has 16 heavy (non-hydrogen) atoms. The number of hydrogen-bond acceptors (Lipinski definition) is 4. The molecule has 0 fully saturated rings. The molecule has 0 saturated heterocycles. The van der Waals surface area contributed by atoms with Gasteiger partial charge in [0, 0.05) is 6.54 Å². The van der Waals surface area contributed by atoms with Crippen LogP contribution in [0, 0.1) is 0 Å². The van der Waals surface area contributed by atoms with E-state index in [4.69, 9.17) is 16.2 Å². The Balaban J connectivity index is 2.70. The van der Waals surface area contributed by atoms with E-state index >= 15 is 0 Å². The van der Waals surface area contributed by atoms with E-state index < -0.39 is 12.1 Å². The Morgan fingerprint density at radius 3 is 2.25 bits per heavy atom. The molecule has 4 nitrogen and oxygen atoms in total. The van der Waals surface area contributed by atoms with Crippen molar-refractivity contribution in [1.82, 2.24) is 0 Å². The van der Waals surface area contributed by atoms with Crippen LogP contribution in [0.4, 0.5) is 0 Å². The van der Waals surface area contributed by atoms with E-state index in [2.05, 4.69) is 0 Å². The van der Waals surface area contributed by atoms with Gasteiger partial charge in [0.05, 0.1) is 18.2 Å². The first-order valence-corrected chi connectivity index (χ1v) is 5.45.